The first-order valence-corrected chi connectivity index (χ1v) is 12.8. The summed E-state index contributed by atoms with van der Waals surface area (Å²) in [6, 6.07) is 4.65. The van der Waals surface area contributed by atoms with E-state index in [-0.39, 0.29) is 22.3 Å². The smallest absolute Gasteiger partial charge is 0.317 e. The highest BCUT2D eigenvalue weighted by molar-refractivity contribution is 8.17. The molecule has 0 spiro atoms. The van der Waals surface area contributed by atoms with Gasteiger partial charge in [0.25, 0.3) is 0 Å². The van der Waals surface area contributed by atoms with Gasteiger partial charge in [0.05, 0.1) is 5.41 Å². The van der Waals surface area contributed by atoms with Crippen LogP contribution in [-0.2, 0) is 4.79 Å². The SMILES string of the molecule is Cc1cc([SH]2CCCCC2)cc(C)c1OC(=O)C12CC3CC(CC(C3)C1)C2. The van der Waals surface area contributed by atoms with E-state index in [0.717, 1.165) is 53.9 Å². The van der Waals surface area contributed by atoms with E-state index in [0.29, 0.717) is 0 Å². The van der Waals surface area contributed by atoms with Crippen molar-refractivity contribution in [3.63, 3.8) is 0 Å². The average Bonchev–Trinajstić information content (AvgIpc) is 2.64. The van der Waals surface area contributed by atoms with Crippen molar-refractivity contribution in [2.75, 3.05) is 11.5 Å². The number of carbonyl (C=O) groups is 1. The molecule has 0 radical (unpaired) electrons. The minimum Gasteiger partial charge on any atom is -0.426 e. The molecule has 1 heterocycles. The van der Waals surface area contributed by atoms with Crippen LogP contribution in [-0.4, -0.2) is 17.5 Å². The highest BCUT2D eigenvalue weighted by Gasteiger charge is 2.55. The zero-order valence-corrected chi connectivity index (χ0v) is 17.8. The first-order valence-electron chi connectivity index (χ1n) is 11.1. The number of rotatable bonds is 3. The summed E-state index contributed by atoms with van der Waals surface area (Å²) in [5.41, 5.74) is 2.16. The quantitative estimate of drug-likeness (QED) is 0.393. The monoisotopic (exact) mass is 386 g/mol. The predicted molar refractivity (Wildman–Crippen MR) is 113 cm³/mol. The van der Waals surface area contributed by atoms with Crippen molar-refractivity contribution in [2.24, 2.45) is 23.2 Å². The maximum Gasteiger partial charge on any atom is 0.317 e. The largest absolute Gasteiger partial charge is 0.426 e. The minimum atomic E-state index is -0.167. The molecule has 5 aliphatic rings. The summed E-state index contributed by atoms with van der Waals surface area (Å²) >= 11 is 0. The second-order valence-electron chi connectivity index (χ2n) is 10.0. The Labute approximate surface area is 166 Å². The molecule has 3 heteroatoms. The Kier molecular flexibility index (Phi) is 4.57. The Bertz CT molecular complexity index is 688. The lowest BCUT2D eigenvalue weighted by Gasteiger charge is -2.55. The summed E-state index contributed by atoms with van der Waals surface area (Å²) in [5.74, 6) is 6.03. The molecule has 1 saturated heterocycles. The van der Waals surface area contributed by atoms with Crippen molar-refractivity contribution in [3.05, 3.63) is 23.3 Å². The van der Waals surface area contributed by atoms with E-state index in [2.05, 4.69) is 26.0 Å². The molecule has 0 amide bonds. The fourth-order valence-corrected chi connectivity index (χ4v) is 9.69. The Morgan fingerprint density at radius 2 is 1.44 bits per heavy atom. The van der Waals surface area contributed by atoms with Crippen molar-refractivity contribution >= 4 is 16.9 Å². The zero-order valence-electron chi connectivity index (χ0n) is 16.9. The van der Waals surface area contributed by atoms with Crippen LogP contribution in [0.3, 0.4) is 0 Å². The molecule has 148 valence electrons. The Balaban J connectivity index is 1.37. The summed E-state index contributed by atoms with van der Waals surface area (Å²) in [5, 5.41) is 0. The number of benzene rings is 1. The Morgan fingerprint density at radius 3 is 1.96 bits per heavy atom. The van der Waals surface area contributed by atoms with Crippen LogP contribution >= 0.6 is 10.9 Å². The number of hydrogen-bond donors (Lipinski definition) is 1. The molecule has 6 rings (SSSR count). The van der Waals surface area contributed by atoms with Crippen LogP contribution in [0, 0.1) is 37.0 Å². The van der Waals surface area contributed by atoms with Gasteiger partial charge in [0.15, 0.2) is 0 Å². The van der Waals surface area contributed by atoms with Crippen LogP contribution in [0.2, 0.25) is 0 Å². The van der Waals surface area contributed by atoms with Gasteiger partial charge in [-0.05, 0) is 123 Å². The van der Waals surface area contributed by atoms with Crippen LogP contribution < -0.4 is 4.74 Å². The van der Waals surface area contributed by atoms with Gasteiger partial charge in [0.2, 0.25) is 0 Å². The first-order chi connectivity index (χ1) is 13.0. The molecule has 27 heavy (non-hydrogen) atoms. The Morgan fingerprint density at radius 1 is 0.926 bits per heavy atom. The van der Waals surface area contributed by atoms with Crippen LogP contribution in [0.4, 0.5) is 0 Å². The average molecular weight is 387 g/mol. The standard InChI is InChI=1S/C24H34O2S/c1-16-8-21(27-6-4-3-5-7-27)9-17(2)22(16)26-23(25)24-13-18-10-19(14-24)12-20(11-18)15-24/h8-9,18-20,27H,3-7,10-15H2,1-2H3. The van der Waals surface area contributed by atoms with Crippen LogP contribution in [0.25, 0.3) is 0 Å². The lowest BCUT2D eigenvalue weighted by molar-refractivity contribution is -0.161. The van der Waals surface area contributed by atoms with Gasteiger partial charge in [-0.15, -0.1) is 0 Å². The van der Waals surface area contributed by atoms with Gasteiger partial charge in [0, 0.05) is 0 Å². The highest BCUT2D eigenvalue weighted by atomic mass is 32.2. The van der Waals surface area contributed by atoms with E-state index >= 15 is 0 Å². The number of esters is 1. The molecule has 1 aromatic carbocycles. The fourth-order valence-electron chi connectivity index (χ4n) is 6.98. The molecule has 4 bridgehead atoms. The lowest BCUT2D eigenvalue weighted by atomic mass is 9.49. The third kappa shape index (κ3) is 3.24. The number of thiol groups is 1. The maximum atomic E-state index is 13.3. The summed E-state index contributed by atoms with van der Waals surface area (Å²) in [6.45, 7) is 4.27. The third-order valence-corrected chi connectivity index (χ3v) is 10.5. The molecule has 0 N–H and O–H groups in total. The second-order valence-corrected chi connectivity index (χ2v) is 12.5. The summed E-state index contributed by atoms with van der Waals surface area (Å²) < 4.78 is 6.17. The van der Waals surface area contributed by atoms with Crippen molar-refractivity contribution in [1.82, 2.24) is 0 Å². The van der Waals surface area contributed by atoms with Gasteiger partial charge >= 0.3 is 5.97 Å². The molecular formula is C24H34O2S. The van der Waals surface area contributed by atoms with Crippen molar-refractivity contribution in [1.29, 1.82) is 0 Å². The van der Waals surface area contributed by atoms with E-state index in [4.69, 9.17) is 4.74 Å². The predicted octanol–water partition coefficient (Wildman–Crippen LogP) is 5.97. The number of aryl methyl sites for hydroxylation is 2. The second kappa shape index (κ2) is 6.83. The van der Waals surface area contributed by atoms with Crippen LogP contribution in [0.15, 0.2) is 17.0 Å². The molecule has 2 nitrogen and oxygen atoms in total. The number of carbonyl (C=O) groups excluding carboxylic acids is 1. The van der Waals surface area contributed by atoms with Gasteiger partial charge in [0.1, 0.15) is 5.75 Å². The number of ether oxygens (including phenoxy) is 1. The molecule has 1 aromatic rings. The molecular weight excluding hydrogens is 352 g/mol. The minimum absolute atomic E-state index is 0.00514. The first kappa shape index (κ1) is 18.1. The summed E-state index contributed by atoms with van der Waals surface area (Å²) in [7, 11) is 0.00514. The zero-order chi connectivity index (χ0) is 18.6. The lowest BCUT2D eigenvalue weighted by Crippen LogP contribution is -2.51. The van der Waals surface area contributed by atoms with E-state index in [1.165, 1.54) is 54.9 Å². The summed E-state index contributed by atoms with van der Waals surface area (Å²) in [4.78, 5) is 14.9. The molecule has 4 aliphatic carbocycles. The van der Waals surface area contributed by atoms with Gasteiger partial charge in [-0.2, -0.15) is 0 Å². The molecule has 0 atom stereocenters. The van der Waals surface area contributed by atoms with Gasteiger partial charge < -0.3 is 4.74 Å². The van der Waals surface area contributed by atoms with Crippen LogP contribution in [0.5, 0.6) is 5.75 Å². The van der Waals surface area contributed by atoms with Crippen molar-refractivity contribution in [3.8, 4) is 5.75 Å². The third-order valence-electron chi connectivity index (χ3n) is 7.83. The maximum absolute atomic E-state index is 13.3. The topological polar surface area (TPSA) is 26.3 Å². The molecule has 1 aliphatic heterocycles. The van der Waals surface area contributed by atoms with Crippen molar-refractivity contribution in [2.45, 2.75) is 76.5 Å². The molecule has 5 fully saturated rings. The highest BCUT2D eigenvalue weighted by Crippen LogP contribution is 2.60. The summed E-state index contributed by atoms with van der Waals surface area (Å²) in [6.07, 6.45) is 11.5. The van der Waals surface area contributed by atoms with E-state index in [1.807, 2.05) is 0 Å². The van der Waals surface area contributed by atoms with E-state index < -0.39 is 0 Å². The molecule has 0 aromatic heterocycles. The van der Waals surface area contributed by atoms with Crippen LogP contribution in [0.1, 0.15) is 68.9 Å². The van der Waals surface area contributed by atoms with Crippen molar-refractivity contribution < 1.29 is 9.53 Å². The molecule has 0 unspecified atom stereocenters. The fraction of sp³-hybridized carbons (Fsp3) is 0.708. The van der Waals surface area contributed by atoms with Gasteiger partial charge in [-0.1, -0.05) is 6.42 Å². The normalized spacial score (nSPS) is 36.1. The molecule has 4 saturated carbocycles. The van der Waals surface area contributed by atoms with E-state index in [1.54, 1.807) is 0 Å². The van der Waals surface area contributed by atoms with Gasteiger partial charge in [-0.25, -0.2) is 10.9 Å². The Hall–Kier alpha value is -0.960. The van der Waals surface area contributed by atoms with E-state index in [9.17, 15) is 4.79 Å². The number of hydrogen-bond acceptors (Lipinski definition) is 2. The van der Waals surface area contributed by atoms with Gasteiger partial charge in [-0.3, -0.25) is 4.79 Å².